The molecule has 0 saturated carbocycles. The first kappa shape index (κ1) is 21.7. The molecule has 0 aliphatic carbocycles. The molecule has 27 heavy (non-hydrogen) atoms. The Labute approximate surface area is 171 Å². The molecule has 1 saturated heterocycles. The van der Waals surface area contributed by atoms with E-state index in [9.17, 15) is 13.2 Å². The lowest BCUT2D eigenvalue weighted by Crippen LogP contribution is -2.48. The van der Waals surface area contributed by atoms with Crippen molar-refractivity contribution in [3.8, 4) is 0 Å². The molecule has 1 heterocycles. The number of hydrogen-bond acceptors (Lipinski definition) is 4. The quantitative estimate of drug-likeness (QED) is 0.811. The highest BCUT2D eigenvalue weighted by Gasteiger charge is 2.28. The van der Waals surface area contributed by atoms with Crippen LogP contribution in [0.3, 0.4) is 0 Å². The van der Waals surface area contributed by atoms with Crippen LogP contribution in [0.2, 0.25) is 5.02 Å². The average molecular weight is 429 g/mol. The number of benzene rings is 2. The van der Waals surface area contributed by atoms with E-state index in [0.717, 1.165) is 5.56 Å². The van der Waals surface area contributed by atoms with Gasteiger partial charge in [0.15, 0.2) is 9.84 Å². The van der Waals surface area contributed by atoms with Crippen LogP contribution in [-0.2, 0) is 15.6 Å². The zero-order valence-corrected chi connectivity index (χ0v) is 17.3. The number of piperazine rings is 1. The molecule has 8 heteroatoms. The van der Waals surface area contributed by atoms with Gasteiger partial charge in [0.25, 0.3) is 5.91 Å². The Balaban J connectivity index is 0.00000261. The Kier molecular flexibility index (Phi) is 7.28. The molecule has 2 aromatic carbocycles. The maximum atomic E-state index is 13.1. The van der Waals surface area contributed by atoms with Crippen LogP contribution in [0.15, 0.2) is 48.5 Å². The molecule has 1 aliphatic rings. The van der Waals surface area contributed by atoms with Gasteiger partial charge >= 0.3 is 0 Å². The predicted molar refractivity (Wildman–Crippen MR) is 110 cm³/mol. The summed E-state index contributed by atoms with van der Waals surface area (Å²) in [5.41, 5.74) is 2.10. The van der Waals surface area contributed by atoms with E-state index in [1.165, 1.54) is 6.26 Å². The highest BCUT2D eigenvalue weighted by atomic mass is 35.5. The van der Waals surface area contributed by atoms with Gasteiger partial charge in [-0.25, -0.2) is 8.42 Å². The second-order valence-electron chi connectivity index (χ2n) is 6.54. The standard InChI is InChI=1S/C19H21ClN2O3S.ClH/c1-26(24,25)13-14-4-2-6-16(10-14)19(23)22-9-8-21-12-18(22)15-5-3-7-17(20)11-15;/h2-7,10-11,18,21H,8-9,12-13H2,1H3;1H. The Morgan fingerprint density at radius 3 is 2.67 bits per heavy atom. The van der Waals surface area contributed by atoms with Crippen LogP contribution < -0.4 is 5.32 Å². The molecule has 1 atom stereocenters. The maximum Gasteiger partial charge on any atom is 0.254 e. The molecule has 1 fully saturated rings. The van der Waals surface area contributed by atoms with Crippen molar-refractivity contribution in [1.82, 2.24) is 10.2 Å². The highest BCUT2D eigenvalue weighted by molar-refractivity contribution is 7.89. The fraction of sp³-hybridized carbons (Fsp3) is 0.316. The van der Waals surface area contributed by atoms with E-state index in [-0.39, 0.29) is 30.1 Å². The second kappa shape index (κ2) is 9.06. The van der Waals surface area contributed by atoms with E-state index < -0.39 is 9.84 Å². The first-order valence-corrected chi connectivity index (χ1v) is 10.8. The highest BCUT2D eigenvalue weighted by Crippen LogP contribution is 2.26. The van der Waals surface area contributed by atoms with Gasteiger partial charge in [-0.3, -0.25) is 4.79 Å². The zero-order chi connectivity index (χ0) is 18.7. The third-order valence-corrected chi connectivity index (χ3v) is 5.43. The van der Waals surface area contributed by atoms with Gasteiger partial charge in [0.1, 0.15) is 0 Å². The van der Waals surface area contributed by atoms with E-state index in [1.807, 2.05) is 29.2 Å². The molecule has 2 aromatic rings. The fourth-order valence-corrected chi connectivity index (χ4v) is 4.21. The summed E-state index contributed by atoms with van der Waals surface area (Å²) in [7, 11) is -3.15. The SMILES string of the molecule is CS(=O)(=O)Cc1cccc(C(=O)N2CCNCC2c2cccc(Cl)c2)c1.Cl. The minimum absolute atomic E-state index is 0. The number of halogens is 2. The van der Waals surface area contributed by atoms with E-state index in [0.29, 0.717) is 35.8 Å². The summed E-state index contributed by atoms with van der Waals surface area (Å²) in [6, 6.07) is 14.3. The van der Waals surface area contributed by atoms with Crippen LogP contribution in [-0.4, -0.2) is 45.1 Å². The van der Waals surface area contributed by atoms with E-state index in [4.69, 9.17) is 11.6 Å². The van der Waals surface area contributed by atoms with Crippen LogP contribution in [0, 0.1) is 0 Å². The van der Waals surface area contributed by atoms with Gasteiger partial charge in [-0.2, -0.15) is 0 Å². The number of hydrogen-bond donors (Lipinski definition) is 1. The topological polar surface area (TPSA) is 66.5 Å². The van der Waals surface area contributed by atoms with Crippen molar-refractivity contribution in [3.05, 3.63) is 70.2 Å². The number of nitrogens with zero attached hydrogens (tertiary/aromatic N) is 1. The van der Waals surface area contributed by atoms with Crippen molar-refractivity contribution in [2.24, 2.45) is 0 Å². The van der Waals surface area contributed by atoms with E-state index in [2.05, 4.69) is 5.32 Å². The van der Waals surface area contributed by atoms with Crippen molar-refractivity contribution < 1.29 is 13.2 Å². The molecule has 1 unspecified atom stereocenters. The first-order chi connectivity index (χ1) is 12.3. The molecule has 0 bridgehead atoms. The van der Waals surface area contributed by atoms with Crippen molar-refractivity contribution in [1.29, 1.82) is 0 Å². The van der Waals surface area contributed by atoms with Crippen LogP contribution >= 0.6 is 24.0 Å². The molecule has 0 aromatic heterocycles. The number of carbonyl (C=O) groups excluding carboxylic acids is 1. The minimum atomic E-state index is -3.15. The first-order valence-electron chi connectivity index (χ1n) is 8.37. The lowest BCUT2D eigenvalue weighted by molar-refractivity contribution is 0.0634. The van der Waals surface area contributed by atoms with Crippen LogP contribution in [0.4, 0.5) is 0 Å². The zero-order valence-electron chi connectivity index (χ0n) is 14.9. The molecule has 146 valence electrons. The second-order valence-corrected chi connectivity index (χ2v) is 9.12. The Hall–Kier alpha value is -1.60. The molecule has 3 rings (SSSR count). The number of rotatable bonds is 4. The van der Waals surface area contributed by atoms with Gasteiger partial charge in [-0.05, 0) is 35.4 Å². The van der Waals surface area contributed by atoms with Gasteiger partial charge in [-0.1, -0.05) is 35.9 Å². The van der Waals surface area contributed by atoms with E-state index >= 15 is 0 Å². The van der Waals surface area contributed by atoms with Crippen LogP contribution in [0.5, 0.6) is 0 Å². The summed E-state index contributed by atoms with van der Waals surface area (Å²) in [6.07, 6.45) is 1.19. The molecule has 0 radical (unpaired) electrons. The summed E-state index contributed by atoms with van der Waals surface area (Å²) in [5, 5.41) is 3.95. The van der Waals surface area contributed by atoms with Crippen LogP contribution in [0.25, 0.3) is 0 Å². The molecule has 1 amide bonds. The van der Waals surface area contributed by atoms with Crippen molar-refractivity contribution in [2.75, 3.05) is 25.9 Å². The van der Waals surface area contributed by atoms with Gasteiger partial charge in [0.2, 0.25) is 0 Å². The summed E-state index contributed by atoms with van der Waals surface area (Å²) < 4.78 is 23.1. The maximum absolute atomic E-state index is 13.1. The largest absolute Gasteiger partial charge is 0.329 e. The lowest BCUT2D eigenvalue weighted by Gasteiger charge is -2.36. The number of carbonyl (C=O) groups is 1. The number of sulfone groups is 1. The molecule has 1 aliphatic heterocycles. The molecule has 5 nitrogen and oxygen atoms in total. The molecular weight excluding hydrogens is 407 g/mol. The van der Waals surface area contributed by atoms with Crippen molar-refractivity contribution in [2.45, 2.75) is 11.8 Å². The number of nitrogens with one attached hydrogen (secondary N) is 1. The predicted octanol–water partition coefficient (Wildman–Crippen LogP) is 3.09. The molecular formula is C19H22Cl2N2O3S. The third kappa shape index (κ3) is 5.69. The fourth-order valence-electron chi connectivity index (χ4n) is 3.22. The summed E-state index contributed by atoms with van der Waals surface area (Å²) in [4.78, 5) is 14.9. The smallest absolute Gasteiger partial charge is 0.254 e. The van der Waals surface area contributed by atoms with Gasteiger partial charge in [0.05, 0.1) is 11.8 Å². The minimum Gasteiger partial charge on any atom is -0.329 e. The third-order valence-electron chi connectivity index (χ3n) is 4.34. The summed E-state index contributed by atoms with van der Waals surface area (Å²) >= 11 is 6.11. The van der Waals surface area contributed by atoms with Crippen LogP contribution in [0.1, 0.15) is 27.5 Å². The Morgan fingerprint density at radius 2 is 1.96 bits per heavy atom. The van der Waals surface area contributed by atoms with Crippen molar-refractivity contribution in [3.63, 3.8) is 0 Å². The van der Waals surface area contributed by atoms with Gasteiger partial charge < -0.3 is 10.2 Å². The van der Waals surface area contributed by atoms with E-state index in [1.54, 1.807) is 24.3 Å². The average Bonchev–Trinajstić information content (AvgIpc) is 2.60. The summed E-state index contributed by atoms with van der Waals surface area (Å²) in [6.45, 7) is 1.94. The van der Waals surface area contributed by atoms with Gasteiger partial charge in [-0.15, -0.1) is 12.4 Å². The monoisotopic (exact) mass is 428 g/mol. The normalized spacial score (nSPS) is 17.3. The molecule has 0 spiro atoms. The molecule has 1 N–H and O–H groups in total. The lowest BCUT2D eigenvalue weighted by atomic mass is 10.0. The summed E-state index contributed by atoms with van der Waals surface area (Å²) in [5.74, 6) is -0.181. The number of amides is 1. The Morgan fingerprint density at radius 1 is 1.22 bits per heavy atom. The van der Waals surface area contributed by atoms with Gasteiger partial charge in [0, 0.05) is 36.5 Å². The van der Waals surface area contributed by atoms with Crippen molar-refractivity contribution >= 4 is 39.8 Å². The Bertz CT molecular complexity index is 919.